The first kappa shape index (κ1) is 22.4. The molecule has 1 aromatic heterocycles. The molecule has 1 saturated carbocycles. The Morgan fingerprint density at radius 2 is 1.88 bits per heavy atom. The highest BCUT2D eigenvalue weighted by atomic mass is 32.2. The number of anilines is 1. The number of sulfonamides is 1. The van der Waals surface area contributed by atoms with Crippen molar-refractivity contribution in [2.24, 2.45) is 10.8 Å². The summed E-state index contributed by atoms with van der Waals surface area (Å²) in [4.78, 5) is 5.41. The van der Waals surface area contributed by atoms with Gasteiger partial charge >= 0.3 is 6.18 Å². The Morgan fingerprint density at radius 3 is 2.50 bits per heavy atom. The van der Waals surface area contributed by atoms with Gasteiger partial charge in [0.05, 0.1) is 19.3 Å². The third kappa shape index (κ3) is 3.61. The summed E-state index contributed by atoms with van der Waals surface area (Å²) < 4.78 is 81.0. The van der Waals surface area contributed by atoms with Crippen LogP contribution in [0.3, 0.4) is 0 Å². The number of nitrogens with one attached hydrogen (secondary N) is 1. The van der Waals surface area contributed by atoms with Gasteiger partial charge in [0.1, 0.15) is 16.4 Å². The first-order valence-corrected chi connectivity index (χ1v) is 12.6. The molecule has 1 aliphatic carbocycles. The fourth-order valence-electron chi connectivity index (χ4n) is 6.13. The molecular weight excluding hydrogens is 447 g/mol. The van der Waals surface area contributed by atoms with Crippen LogP contribution in [0.2, 0.25) is 0 Å². The van der Waals surface area contributed by atoms with E-state index in [0.717, 1.165) is 31.4 Å². The molecular formula is C21H28F3N3O4S. The molecule has 32 heavy (non-hydrogen) atoms. The van der Waals surface area contributed by atoms with Crippen molar-refractivity contribution in [3.8, 4) is 0 Å². The van der Waals surface area contributed by atoms with E-state index < -0.39 is 21.9 Å². The maximum absolute atomic E-state index is 13.5. The van der Waals surface area contributed by atoms with E-state index in [1.807, 2.05) is 6.92 Å². The van der Waals surface area contributed by atoms with Gasteiger partial charge in [-0.15, -0.1) is 0 Å². The van der Waals surface area contributed by atoms with Crippen LogP contribution < -0.4 is 9.62 Å². The molecule has 0 radical (unpaired) electrons. The summed E-state index contributed by atoms with van der Waals surface area (Å²) in [6, 6.07) is 1.47. The summed E-state index contributed by atoms with van der Waals surface area (Å²) in [6.07, 6.45) is -0.799. The smallest absolute Gasteiger partial charge is 0.380 e. The molecule has 0 bridgehead atoms. The standard InChI is InChI=1S/C21H28F3N3O4S/c1-14-9-15(5-8-31-14)26-32(28,29)16-3-4-17(21(22,23)24)25-18(16)27-10-19-6-2-7-20(19,11-27)13-30-12-19/h3-4,14-15,26H,2,5-13H2,1H3. The van der Waals surface area contributed by atoms with E-state index in [1.165, 1.54) is 0 Å². The van der Waals surface area contributed by atoms with Crippen molar-refractivity contribution in [3.05, 3.63) is 17.8 Å². The normalized spacial score (nSPS) is 35.2. The number of hydrogen-bond acceptors (Lipinski definition) is 6. The zero-order valence-electron chi connectivity index (χ0n) is 18.0. The van der Waals surface area contributed by atoms with Crippen molar-refractivity contribution >= 4 is 15.8 Å². The van der Waals surface area contributed by atoms with Crippen LogP contribution in [0.5, 0.6) is 0 Å². The van der Waals surface area contributed by atoms with E-state index in [9.17, 15) is 21.6 Å². The zero-order chi connectivity index (χ0) is 22.8. The molecule has 0 amide bonds. The summed E-state index contributed by atoms with van der Waals surface area (Å²) in [7, 11) is -4.07. The number of hydrogen-bond donors (Lipinski definition) is 1. The molecule has 4 heterocycles. The number of alkyl halides is 3. The highest BCUT2D eigenvalue weighted by Crippen LogP contribution is 2.61. The molecule has 5 rings (SSSR count). The Balaban J connectivity index is 1.51. The molecule has 3 aliphatic heterocycles. The van der Waals surface area contributed by atoms with Gasteiger partial charge in [0.25, 0.3) is 0 Å². The zero-order valence-corrected chi connectivity index (χ0v) is 18.8. The van der Waals surface area contributed by atoms with E-state index in [1.54, 1.807) is 4.90 Å². The van der Waals surface area contributed by atoms with Gasteiger partial charge in [-0.2, -0.15) is 13.2 Å². The monoisotopic (exact) mass is 475 g/mol. The minimum atomic E-state index is -4.66. The van der Waals surface area contributed by atoms with E-state index in [4.69, 9.17) is 9.47 Å². The van der Waals surface area contributed by atoms with Crippen LogP contribution in [0, 0.1) is 10.8 Å². The Morgan fingerprint density at radius 1 is 1.19 bits per heavy atom. The third-order valence-corrected chi connectivity index (χ3v) is 9.25. The second-order valence-corrected chi connectivity index (χ2v) is 11.5. The quantitative estimate of drug-likeness (QED) is 0.721. The van der Waals surface area contributed by atoms with Gasteiger partial charge in [-0.05, 0) is 44.7 Å². The average molecular weight is 476 g/mol. The van der Waals surface area contributed by atoms with Gasteiger partial charge in [-0.3, -0.25) is 0 Å². The highest BCUT2D eigenvalue weighted by molar-refractivity contribution is 7.89. The Bertz CT molecular complexity index is 970. The predicted octanol–water partition coefficient (Wildman–Crippen LogP) is 2.95. The minimum absolute atomic E-state index is 0.0859. The maximum Gasteiger partial charge on any atom is 0.433 e. The third-order valence-electron chi connectivity index (χ3n) is 7.71. The van der Waals surface area contributed by atoms with Crippen LogP contribution in [0.4, 0.5) is 19.0 Å². The lowest BCUT2D eigenvalue weighted by atomic mass is 9.71. The first-order valence-electron chi connectivity index (χ1n) is 11.1. The summed E-state index contributed by atoms with van der Waals surface area (Å²) in [5, 5.41) is 0. The Hall–Kier alpha value is -1.43. The number of pyridine rings is 1. The van der Waals surface area contributed by atoms with Gasteiger partial charge < -0.3 is 14.4 Å². The van der Waals surface area contributed by atoms with E-state index >= 15 is 0 Å². The van der Waals surface area contributed by atoms with Crippen LogP contribution in [0.15, 0.2) is 17.0 Å². The number of halogens is 3. The molecule has 178 valence electrons. The van der Waals surface area contributed by atoms with E-state index in [0.29, 0.717) is 45.8 Å². The molecule has 4 atom stereocenters. The fraction of sp³-hybridized carbons (Fsp3) is 0.762. The molecule has 3 saturated heterocycles. The molecule has 1 aromatic rings. The maximum atomic E-state index is 13.5. The molecule has 0 aromatic carbocycles. The molecule has 11 heteroatoms. The Labute approximate surface area is 185 Å². The van der Waals surface area contributed by atoms with Gasteiger partial charge in [-0.25, -0.2) is 18.1 Å². The van der Waals surface area contributed by atoms with E-state index in [-0.39, 0.29) is 33.7 Å². The van der Waals surface area contributed by atoms with Crippen LogP contribution in [0.25, 0.3) is 0 Å². The van der Waals surface area contributed by atoms with Crippen molar-refractivity contribution < 1.29 is 31.1 Å². The van der Waals surface area contributed by atoms with Crippen molar-refractivity contribution in [2.45, 2.75) is 62.2 Å². The Kier molecular flexibility index (Phi) is 5.27. The summed E-state index contributed by atoms with van der Waals surface area (Å²) in [6.45, 7) is 4.33. The number of nitrogens with zero attached hydrogens (tertiary/aromatic N) is 2. The molecule has 0 spiro atoms. The van der Waals surface area contributed by atoms with Crippen molar-refractivity contribution in [3.63, 3.8) is 0 Å². The molecule has 1 N–H and O–H groups in total. The SMILES string of the molecule is CC1CC(NS(=O)(=O)c2ccc(C(F)(F)F)nc2N2CC34CCCC3(COC4)C2)CCO1. The van der Waals surface area contributed by atoms with Gasteiger partial charge in [0.15, 0.2) is 0 Å². The van der Waals surface area contributed by atoms with Crippen molar-refractivity contribution in [1.29, 1.82) is 0 Å². The topological polar surface area (TPSA) is 80.8 Å². The van der Waals surface area contributed by atoms with Crippen molar-refractivity contribution in [1.82, 2.24) is 9.71 Å². The van der Waals surface area contributed by atoms with Gasteiger partial charge in [0.2, 0.25) is 10.0 Å². The van der Waals surface area contributed by atoms with Crippen LogP contribution in [0.1, 0.15) is 44.7 Å². The minimum Gasteiger partial charge on any atom is -0.380 e. The lowest BCUT2D eigenvalue weighted by Crippen LogP contribution is -2.42. The number of rotatable bonds is 4. The second-order valence-electron chi connectivity index (χ2n) is 9.80. The highest BCUT2D eigenvalue weighted by Gasteiger charge is 2.64. The molecule has 4 aliphatic rings. The molecule has 7 nitrogen and oxygen atoms in total. The van der Waals surface area contributed by atoms with Crippen LogP contribution >= 0.6 is 0 Å². The summed E-state index contributed by atoms with van der Waals surface area (Å²) in [5.74, 6) is -0.109. The van der Waals surface area contributed by atoms with Crippen LogP contribution in [-0.4, -0.2) is 58.5 Å². The number of aromatic nitrogens is 1. The largest absolute Gasteiger partial charge is 0.433 e. The van der Waals surface area contributed by atoms with Crippen LogP contribution in [-0.2, 0) is 25.7 Å². The summed E-state index contributed by atoms with van der Waals surface area (Å²) >= 11 is 0. The number of ether oxygens (including phenoxy) is 2. The van der Waals surface area contributed by atoms with E-state index in [2.05, 4.69) is 9.71 Å². The molecule has 4 unspecified atom stereocenters. The average Bonchev–Trinajstić information content (AvgIpc) is 3.29. The molecule has 4 fully saturated rings. The van der Waals surface area contributed by atoms with Crippen molar-refractivity contribution in [2.75, 3.05) is 37.8 Å². The fourth-order valence-corrected chi connectivity index (χ4v) is 7.57. The summed E-state index contributed by atoms with van der Waals surface area (Å²) in [5.41, 5.74) is -1.37. The lowest BCUT2D eigenvalue weighted by molar-refractivity contribution is -0.141. The second kappa shape index (κ2) is 7.54. The first-order chi connectivity index (χ1) is 15.0. The van der Waals surface area contributed by atoms with Gasteiger partial charge in [-0.1, -0.05) is 6.42 Å². The lowest BCUT2D eigenvalue weighted by Gasteiger charge is -2.29. The van der Waals surface area contributed by atoms with Gasteiger partial charge in [0, 0.05) is 36.6 Å². The predicted molar refractivity (Wildman–Crippen MR) is 110 cm³/mol.